The third kappa shape index (κ3) is 4.77. The Morgan fingerprint density at radius 3 is 2.00 bits per heavy atom. The molecule has 0 amide bonds. The summed E-state index contributed by atoms with van der Waals surface area (Å²) < 4.78 is 33.9. The second-order valence-electron chi connectivity index (χ2n) is 5.72. The Kier molecular flexibility index (Phi) is 5.08. The van der Waals surface area contributed by atoms with Gasteiger partial charge in [-0.25, -0.2) is 8.60 Å². The van der Waals surface area contributed by atoms with Crippen LogP contribution in [0.5, 0.6) is 11.5 Å². The number of hydrogen-bond donors (Lipinski definition) is 0. The number of benzene rings is 2. The zero-order valence-electron chi connectivity index (χ0n) is 12.7. The topological polar surface area (TPSA) is 38.7 Å². The summed E-state index contributed by atoms with van der Waals surface area (Å²) in [5.74, 6) is 0.906. The number of rotatable bonds is 4. The average Bonchev–Trinajstić information content (AvgIpc) is 2.47. The van der Waals surface area contributed by atoms with Crippen molar-refractivity contribution < 1.29 is 13.3 Å². The minimum Gasteiger partial charge on any atom is -0.457 e. The van der Waals surface area contributed by atoms with Crippen LogP contribution in [0.2, 0.25) is 0 Å². The Bertz CT molecular complexity index is 673. The molecule has 0 N–H and O–H groups in total. The van der Waals surface area contributed by atoms with Crippen molar-refractivity contribution in [2.75, 3.05) is 0 Å². The van der Waals surface area contributed by atoms with Gasteiger partial charge in [0, 0.05) is 6.21 Å². The lowest BCUT2D eigenvalue weighted by atomic mass is 10.2. The molecule has 0 aliphatic heterocycles. The van der Waals surface area contributed by atoms with E-state index in [9.17, 15) is 8.60 Å². The Balaban J connectivity index is 2.03. The smallest absolute Gasteiger partial charge is 0.144 e. The highest BCUT2D eigenvalue weighted by molar-refractivity contribution is 7.85. The number of halogens is 1. The van der Waals surface area contributed by atoms with E-state index in [2.05, 4.69) is 4.40 Å². The molecular weight excluding hydrogens is 301 g/mol. The third-order valence-electron chi connectivity index (χ3n) is 2.75. The molecule has 0 aromatic heterocycles. The molecule has 0 spiro atoms. The highest BCUT2D eigenvalue weighted by Crippen LogP contribution is 2.21. The Labute approximate surface area is 132 Å². The van der Waals surface area contributed by atoms with E-state index >= 15 is 0 Å². The first-order chi connectivity index (χ1) is 10.3. The van der Waals surface area contributed by atoms with E-state index < -0.39 is 11.0 Å². The second-order valence-corrected chi connectivity index (χ2v) is 7.65. The van der Waals surface area contributed by atoms with Gasteiger partial charge < -0.3 is 4.74 Å². The van der Waals surface area contributed by atoms with Crippen molar-refractivity contribution in [1.82, 2.24) is 0 Å². The van der Waals surface area contributed by atoms with E-state index in [0.29, 0.717) is 11.5 Å². The lowest BCUT2D eigenvalue weighted by Crippen LogP contribution is -2.19. The normalized spacial score (nSPS) is 13.3. The van der Waals surface area contributed by atoms with Crippen molar-refractivity contribution in [1.29, 1.82) is 0 Å². The lowest BCUT2D eigenvalue weighted by Gasteiger charge is -2.12. The minimum absolute atomic E-state index is 0.300. The fraction of sp³-hybridized carbons (Fsp3) is 0.235. The maximum absolute atomic E-state index is 12.8. The molecular formula is C17H18FNO2S. The van der Waals surface area contributed by atoms with Gasteiger partial charge in [-0.05, 0) is 74.9 Å². The molecule has 22 heavy (non-hydrogen) atoms. The molecule has 0 aliphatic rings. The van der Waals surface area contributed by atoms with Crippen LogP contribution in [0.3, 0.4) is 0 Å². The molecule has 0 saturated heterocycles. The van der Waals surface area contributed by atoms with E-state index in [-0.39, 0.29) is 10.6 Å². The molecule has 116 valence electrons. The highest BCUT2D eigenvalue weighted by atomic mass is 32.2. The van der Waals surface area contributed by atoms with Gasteiger partial charge in [0.15, 0.2) is 0 Å². The largest absolute Gasteiger partial charge is 0.457 e. The fourth-order valence-electron chi connectivity index (χ4n) is 1.53. The van der Waals surface area contributed by atoms with Gasteiger partial charge in [0.25, 0.3) is 0 Å². The van der Waals surface area contributed by atoms with Crippen LogP contribution in [0.25, 0.3) is 0 Å². The van der Waals surface area contributed by atoms with Crippen molar-refractivity contribution >= 4 is 17.2 Å². The second kappa shape index (κ2) is 6.83. The van der Waals surface area contributed by atoms with Crippen LogP contribution >= 0.6 is 0 Å². The summed E-state index contributed by atoms with van der Waals surface area (Å²) in [6.45, 7) is 5.63. The Morgan fingerprint density at radius 1 is 1.00 bits per heavy atom. The lowest BCUT2D eigenvalue weighted by molar-refractivity contribution is 0.480. The van der Waals surface area contributed by atoms with Crippen LogP contribution in [-0.4, -0.2) is 15.2 Å². The molecule has 1 unspecified atom stereocenters. The van der Waals surface area contributed by atoms with Crippen LogP contribution in [0.1, 0.15) is 26.3 Å². The first kappa shape index (κ1) is 16.4. The molecule has 1 atom stereocenters. The summed E-state index contributed by atoms with van der Waals surface area (Å²) in [5.41, 5.74) is 0.837. The van der Waals surface area contributed by atoms with Gasteiger partial charge in [0.2, 0.25) is 0 Å². The minimum atomic E-state index is -1.27. The van der Waals surface area contributed by atoms with Crippen molar-refractivity contribution in [2.24, 2.45) is 4.40 Å². The molecule has 2 aromatic carbocycles. The number of hydrogen-bond acceptors (Lipinski definition) is 2. The van der Waals surface area contributed by atoms with Crippen molar-refractivity contribution in [3.05, 3.63) is 59.9 Å². The zero-order valence-corrected chi connectivity index (χ0v) is 13.6. The monoisotopic (exact) mass is 319 g/mol. The zero-order chi connectivity index (χ0) is 16.2. The van der Waals surface area contributed by atoms with Crippen LogP contribution in [0.15, 0.2) is 52.9 Å². The van der Waals surface area contributed by atoms with Gasteiger partial charge in [0.05, 0.1) is 4.75 Å². The molecule has 2 rings (SSSR count). The first-order valence-corrected chi connectivity index (χ1v) is 7.95. The summed E-state index contributed by atoms with van der Waals surface area (Å²) in [4.78, 5) is 0. The molecule has 0 bridgehead atoms. The summed E-state index contributed by atoms with van der Waals surface area (Å²) in [5, 5.41) is 0. The predicted octanol–water partition coefficient (Wildman–Crippen LogP) is 4.50. The van der Waals surface area contributed by atoms with E-state index in [1.807, 2.05) is 32.9 Å². The van der Waals surface area contributed by atoms with E-state index in [4.69, 9.17) is 4.74 Å². The van der Waals surface area contributed by atoms with Crippen molar-refractivity contribution in [3.63, 3.8) is 0 Å². The van der Waals surface area contributed by atoms with Gasteiger partial charge in [-0.15, -0.1) is 0 Å². The molecule has 0 fully saturated rings. The van der Waals surface area contributed by atoms with E-state index in [1.165, 1.54) is 12.1 Å². The summed E-state index contributed by atoms with van der Waals surface area (Å²) >= 11 is 0. The van der Waals surface area contributed by atoms with Crippen LogP contribution in [0, 0.1) is 5.82 Å². The standard InChI is InChI=1S/C17H18FNO2S/c1-17(2,3)22(20)19-12-13-4-8-15(9-5-13)21-16-10-6-14(18)7-11-16/h4-12H,1-3H3. The van der Waals surface area contributed by atoms with Crippen molar-refractivity contribution in [3.8, 4) is 11.5 Å². The molecule has 5 heteroatoms. The quantitative estimate of drug-likeness (QED) is 0.778. The first-order valence-electron chi connectivity index (χ1n) is 6.84. The fourth-order valence-corrected chi connectivity index (χ4v) is 2.06. The highest BCUT2D eigenvalue weighted by Gasteiger charge is 2.18. The van der Waals surface area contributed by atoms with Gasteiger partial charge in [-0.3, -0.25) is 0 Å². The Morgan fingerprint density at radius 2 is 1.50 bits per heavy atom. The molecule has 0 heterocycles. The Hall–Kier alpha value is -2.01. The summed E-state index contributed by atoms with van der Waals surface area (Å²) in [7, 11) is -1.27. The third-order valence-corrected chi connectivity index (χ3v) is 4.10. The van der Waals surface area contributed by atoms with E-state index in [1.54, 1.807) is 30.5 Å². The molecule has 3 nitrogen and oxygen atoms in total. The maximum atomic E-state index is 12.8. The van der Waals surface area contributed by atoms with Gasteiger partial charge in [-0.1, -0.05) is 0 Å². The maximum Gasteiger partial charge on any atom is 0.144 e. The van der Waals surface area contributed by atoms with Crippen LogP contribution in [-0.2, 0) is 11.0 Å². The van der Waals surface area contributed by atoms with Crippen LogP contribution in [0.4, 0.5) is 4.39 Å². The summed E-state index contributed by atoms with van der Waals surface area (Å²) in [6, 6.07) is 13.0. The SMILES string of the molecule is CC(C)(C)S(=O)N=Cc1ccc(Oc2ccc(F)cc2)cc1. The van der Waals surface area contributed by atoms with Gasteiger partial charge in [0.1, 0.15) is 28.3 Å². The summed E-state index contributed by atoms with van der Waals surface area (Å²) in [6.07, 6.45) is 1.59. The molecule has 0 saturated carbocycles. The van der Waals surface area contributed by atoms with Gasteiger partial charge >= 0.3 is 0 Å². The van der Waals surface area contributed by atoms with E-state index in [0.717, 1.165) is 5.56 Å². The van der Waals surface area contributed by atoms with Crippen molar-refractivity contribution in [2.45, 2.75) is 25.5 Å². The molecule has 2 aromatic rings. The average molecular weight is 319 g/mol. The molecule has 0 radical (unpaired) electrons. The number of ether oxygens (including phenoxy) is 1. The molecule has 0 aliphatic carbocycles. The predicted molar refractivity (Wildman–Crippen MR) is 88.4 cm³/mol. The number of nitrogens with zero attached hydrogens (tertiary/aromatic N) is 1. The van der Waals surface area contributed by atoms with Crippen LogP contribution < -0.4 is 4.74 Å². The van der Waals surface area contributed by atoms with Gasteiger partial charge in [-0.2, -0.15) is 4.40 Å².